The van der Waals surface area contributed by atoms with Crippen molar-refractivity contribution < 1.29 is 17.9 Å². The van der Waals surface area contributed by atoms with E-state index in [9.17, 15) is 13.2 Å². The molecular formula is C18H21NO4S. The van der Waals surface area contributed by atoms with E-state index in [0.717, 1.165) is 11.1 Å². The van der Waals surface area contributed by atoms with Gasteiger partial charge in [0.05, 0.1) is 17.1 Å². The minimum absolute atomic E-state index is 0.250. The zero-order chi connectivity index (χ0) is 17.9. The Bertz CT molecular complexity index is 855. The molecule has 1 N–H and O–H groups in total. The largest absolute Gasteiger partial charge is 0.462 e. The highest BCUT2D eigenvalue weighted by atomic mass is 32.2. The Labute approximate surface area is 142 Å². The molecule has 0 saturated heterocycles. The number of ether oxygens (including phenoxy) is 1. The molecule has 0 fully saturated rings. The topological polar surface area (TPSA) is 72.5 Å². The highest BCUT2D eigenvalue weighted by Crippen LogP contribution is 2.23. The maximum atomic E-state index is 12.6. The average Bonchev–Trinajstić information content (AvgIpc) is 2.51. The molecule has 2 rings (SSSR count). The number of hydrogen-bond donors (Lipinski definition) is 1. The second kappa shape index (κ2) is 7.05. The van der Waals surface area contributed by atoms with Gasteiger partial charge in [0.15, 0.2) is 0 Å². The van der Waals surface area contributed by atoms with Crippen molar-refractivity contribution in [1.29, 1.82) is 0 Å². The molecule has 0 atom stereocenters. The fourth-order valence-corrected chi connectivity index (χ4v) is 3.69. The average molecular weight is 347 g/mol. The maximum absolute atomic E-state index is 12.6. The third-order valence-corrected chi connectivity index (χ3v) is 5.25. The lowest BCUT2D eigenvalue weighted by Crippen LogP contribution is -2.15. The monoisotopic (exact) mass is 347 g/mol. The van der Waals surface area contributed by atoms with Crippen molar-refractivity contribution in [2.45, 2.75) is 32.6 Å². The molecule has 0 amide bonds. The summed E-state index contributed by atoms with van der Waals surface area (Å²) in [7, 11) is -3.69. The first-order chi connectivity index (χ1) is 11.2. The van der Waals surface area contributed by atoms with E-state index >= 15 is 0 Å². The van der Waals surface area contributed by atoms with Gasteiger partial charge < -0.3 is 4.74 Å². The molecule has 0 aliphatic rings. The van der Waals surface area contributed by atoms with Crippen LogP contribution in [0.25, 0.3) is 0 Å². The Morgan fingerprint density at radius 1 is 1.00 bits per heavy atom. The van der Waals surface area contributed by atoms with Crippen molar-refractivity contribution in [3.05, 3.63) is 58.7 Å². The number of hydrogen-bond acceptors (Lipinski definition) is 4. The minimum atomic E-state index is -3.69. The molecule has 24 heavy (non-hydrogen) atoms. The fraction of sp³-hybridized carbons (Fsp3) is 0.278. The zero-order valence-corrected chi connectivity index (χ0v) is 15.0. The Morgan fingerprint density at radius 3 is 2.17 bits per heavy atom. The lowest BCUT2D eigenvalue weighted by Gasteiger charge is -2.13. The number of anilines is 1. The summed E-state index contributed by atoms with van der Waals surface area (Å²) in [4.78, 5) is 11.9. The summed E-state index contributed by atoms with van der Waals surface area (Å²) in [5.41, 5.74) is 3.42. The summed E-state index contributed by atoms with van der Waals surface area (Å²) in [5.74, 6) is -0.433. The molecule has 0 unspecified atom stereocenters. The molecule has 0 saturated carbocycles. The zero-order valence-electron chi connectivity index (χ0n) is 14.2. The summed E-state index contributed by atoms with van der Waals surface area (Å²) in [6, 6.07) is 9.67. The normalized spacial score (nSPS) is 11.2. The van der Waals surface area contributed by atoms with Gasteiger partial charge in [-0.2, -0.15) is 0 Å². The second-order valence-corrected chi connectivity index (χ2v) is 7.26. The molecular weight excluding hydrogens is 326 g/mol. The van der Waals surface area contributed by atoms with Crippen LogP contribution in [-0.2, 0) is 14.8 Å². The number of benzene rings is 2. The second-order valence-electron chi connectivity index (χ2n) is 5.61. The van der Waals surface area contributed by atoms with Crippen LogP contribution in [0.3, 0.4) is 0 Å². The maximum Gasteiger partial charge on any atom is 0.338 e. The van der Waals surface area contributed by atoms with Crippen molar-refractivity contribution in [1.82, 2.24) is 0 Å². The summed E-state index contributed by atoms with van der Waals surface area (Å²) in [6.45, 7) is 7.61. The number of esters is 1. The van der Waals surface area contributed by atoms with Gasteiger partial charge in [0, 0.05) is 5.69 Å². The van der Waals surface area contributed by atoms with Crippen molar-refractivity contribution in [3.8, 4) is 0 Å². The van der Waals surface area contributed by atoms with Crippen molar-refractivity contribution >= 4 is 21.7 Å². The van der Waals surface area contributed by atoms with E-state index < -0.39 is 16.0 Å². The van der Waals surface area contributed by atoms with Crippen molar-refractivity contribution in [2.24, 2.45) is 0 Å². The fourth-order valence-electron chi connectivity index (χ4n) is 2.32. The standard InChI is InChI=1S/C18H21NO4S/c1-5-23-18(20)15-6-8-16(9-7-15)19-24(21,22)17-11-13(3)12(2)10-14(17)4/h6-11,19H,5H2,1-4H3. The molecule has 2 aromatic rings. The van der Waals surface area contributed by atoms with E-state index in [-0.39, 0.29) is 4.90 Å². The van der Waals surface area contributed by atoms with Crippen LogP contribution in [-0.4, -0.2) is 21.0 Å². The molecule has 0 aliphatic carbocycles. The van der Waals surface area contributed by atoms with Gasteiger partial charge in [0.2, 0.25) is 0 Å². The van der Waals surface area contributed by atoms with E-state index in [2.05, 4.69) is 4.72 Å². The van der Waals surface area contributed by atoms with Gasteiger partial charge in [-0.1, -0.05) is 6.07 Å². The van der Waals surface area contributed by atoms with Gasteiger partial charge in [-0.05, 0) is 74.7 Å². The van der Waals surface area contributed by atoms with E-state index in [4.69, 9.17) is 4.74 Å². The van der Waals surface area contributed by atoms with E-state index in [1.54, 1.807) is 32.0 Å². The Balaban J connectivity index is 2.27. The van der Waals surface area contributed by atoms with E-state index in [1.165, 1.54) is 12.1 Å². The number of nitrogens with one attached hydrogen (secondary N) is 1. The van der Waals surface area contributed by atoms with Gasteiger partial charge in [-0.25, -0.2) is 13.2 Å². The first-order valence-electron chi connectivity index (χ1n) is 7.62. The third kappa shape index (κ3) is 3.94. The van der Waals surface area contributed by atoms with Crippen LogP contribution in [0.15, 0.2) is 41.3 Å². The quantitative estimate of drug-likeness (QED) is 0.839. The van der Waals surface area contributed by atoms with Crippen LogP contribution < -0.4 is 4.72 Å². The van der Waals surface area contributed by atoms with Crippen LogP contribution in [0.2, 0.25) is 0 Å². The Morgan fingerprint density at radius 2 is 1.58 bits per heavy atom. The number of aryl methyl sites for hydroxylation is 3. The van der Waals surface area contributed by atoms with Crippen LogP contribution in [0, 0.1) is 20.8 Å². The number of rotatable bonds is 5. The van der Waals surface area contributed by atoms with Gasteiger partial charge >= 0.3 is 5.97 Å². The van der Waals surface area contributed by atoms with Gasteiger partial charge in [0.25, 0.3) is 10.0 Å². The summed E-state index contributed by atoms with van der Waals surface area (Å²) < 4.78 is 32.6. The van der Waals surface area contributed by atoms with Crippen LogP contribution in [0.1, 0.15) is 34.0 Å². The lowest BCUT2D eigenvalue weighted by molar-refractivity contribution is 0.0526. The SMILES string of the molecule is CCOC(=O)c1ccc(NS(=O)(=O)c2cc(C)c(C)cc2C)cc1. The molecule has 0 spiro atoms. The van der Waals surface area contributed by atoms with E-state index in [0.29, 0.717) is 23.4 Å². The first-order valence-corrected chi connectivity index (χ1v) is 9.10. The van der Waals surface area contributed by atoms with Crippen molar-refractivity contribution in [3.63, 3.8) is 0 Å². The minimum Gasteiger partial charge on any atom is -0.462 e. The number of sulfonamides is 1. The number of carbonyl (C=O) groups is 1. The van der Waals surface area contributed by atoms with Gasteiger partial charge in [0.1, 0.15) is 0 Å². The Kier molecular flexibility index (Phi) is 5.29. The number of carbonyl (C=O) groups excluding carboxylic acids is 1. The molecule has 0 bridgehead atoms. The molecule has 0 radical (unpaired) electrons. The predicted molar refractivity (Wildman–Crippen MR) is 93.9 cm³/mol. The highest BCUT2D eigenvalue weighted by Gasteiger charge is 2.18. The lowest BCUT2D eigenvalue weighted by atomic mass is 10.1. The van der Waals surface area contributed by atoms with Crippen LogP contribution in [0.4, 0.5) is 5.69 Å². The third-order valence-electron chi connectivity index (χ3n) is 3.73. The summed E-state index contributed by atoms with van der Waals surface area (Å²) >= 11 is 0. The summed E-state index contributed by atoms with van der Waals surface area (Å²) in [6.07, 6.45) is 0. The van der Waals surface area contributed by atoms with Gasteiger partial charge in [-0.15, -0.1) is 0 Å². The highest BCUT2D eigenvalue weighted by molar-refractivity contribution is 7.92. The predicted octanol–water partition coefficient (Wildman–Crippen LogP) is 3.59. The first kappa shape index (κ1) is 18.0. The van der Waals surface area contributed by atoms with Crippen LogP contribution >= 0.6 is 0 Å². The van der Waals surface area contributed by atoms with E-state index in [1.807, 2.05) is 19.9 Å². The molecule has 0 heterocycles. The Hall–Kier alpha value is -2.34. The van der Waals surface area contributed by atoms with Crippen LogP contribution in [0.5, 0.6) is 0 Å². The molecule has 0 aliphatic heterocycles. The molecule has 6 heteroatoms. The smallest absolute Gasteiger partial charge is 0.338 e. The van der Waals surface area contributed by atoms with Gasteiger partial charge in [-0.3, -0.25) is 4.72 Å². The van der Waals surface area contributed by atoms with Crippen molar-refractivity contribution in [2.75, 3.05) is 11.3 Å². The molecule has 5 nitrogen and oxygen atoms in total. The summed E-state index contributed by atoms with van der Waals surface area (Å²) in [5, 5.41) is 0. The molecule has 128 valence electrons. The molecule has 0 aromatic heterocycles. The molecule has 2 aromatic carbocycles.